The van der Waals surface area contributed by atoms with Crippen LogP contribution in [0.1, 0.15) is 45.2 Å². The summed E-state index contributed by atoms with van der Waals surface area (Å²) in [6.07, 6.45) is 2.22. The average molecular weight is 221 g/mol. The van der Waals surface area contributed by atoms with Crippen molar-refractivity contribution in [1.29, 1.82) is 0 Å². The molecule has 0 bridgehead atoms. The summed E-state index contributed by atoms with van der Waals surface area (Å²) in [7, 11) is 0. The quantitative estimate of drug-likeness (QED) is 0.760. The molecule has 2 heteroatoms. The molecule has 0 fully saturated rings. The van der Waals surface area contributed by atoms with Crippen molar-refractivity contribution in [3.8, 4) is 5.75 Å². The fourth-order valence-corrected chi connectivity index (χ4v) is 1.55. The highest BCUT2D eigenvalue weighted by molar-refractivity contribution is 5.28. The zero-order valence-electron chi connectivity index (χ0n) is 10.6. The van der Waals surface area contributed by atoms with Crippen molar-refractivity contribution in [2.45, 2.75) is 39.7 Å². The summed E-state index contributed by atoms with van der Waals surface area (Å²) < 4.78 is 5.55. The third-order valence-corrected chi connectivity index (χ3v) is 2.55. The summed E-state index contributed by atoms with van der Waals surface area (Å²) in [6, 6.07) is 8.79. The van der Waals surface area contributed by atoms with Crippen molar-refractivity contribution < 1.29 is 4.74 Å². The molecule has 16 heavy (non-hydrogen) atoms. The van der Waals surface area contributed by atoms with E-state index in [1.807, 2.05) is 0 Å². The van der Waals surface area contributed by atoms with Gasteiger partial charge in [-0.15, -0.1) is 0 Å². The van der Waals surface area contributed by atoms with Crippen molar-refractivity contribution >= 4 is 0 Å². The standard InChI is InChI=1S/C14H23NO/c1-4-10-15-12(3)13-6-8-14(9-7-13)16-11-5-2/h6-9,12,15H,4-5,10-11H2,1-3H3. The molecule has 1 atom stereocenters. The number of benzene rings is 1. The van der Waals surface area contributed by atoms with Gasteiger partial charge in [-0.05, 0) is 44.0 Å². The molecule has 0 aliphatic rings. The van der Waals surface area contributed by atoms with E-state index >= 15 is 0 Å². The third kappa shape index (κ3) is 4.23. The summed E-state index contributed by atoms with van der Waals surface area (Å²) in [5, 5.41) is 3.47. The maximum atomic E-state index is 5.55. The van der Waals surface area contributed by atoms with E-state index in [2.05, 4.69) is 50.4 Å². The Balaban J connectivity index is 2.49. The smallest absolute Gasteiger partial charge is 0.119 e. The Morgan fingerprint density at radius 2 is 1.81 bits per heavy atom. The Bertz CT molecular complexity index is 281. The van der Waals surface area contributed by atoms with Gasteiger partial charge in [0.05, 0.1) is 6.61 Å². The first-order valence-corrected chi connectivity index (χ1v) is 6.24. The molecular weight excluding hydrogens is 198 g/mol. The van der Waals surface area contributed by atoms with Crippen LogP contribution in [-0.4, -0.2) is 13.2 Å². The Kier molecular flexibility index (Phi) is 5.94. The minimum absolute atomic E-state index is 0.417. The lowest BCUT2D eigenvalue weighted by molar-refractivity contribution is 0.317. The minimum Gasteiger partial charge on any atom is -0.494 e. The van der Waals surface area contributed by atoms with Crippen molar-refractivity contribution in [3.63, 3.8) is 0 Å². The van der Waals surface area contributed by atoms with Gasteiger partial charge in [-0.1, -0.05) is 26.0 Å². The molecule has 2 nitrogen and oxygen atoms in total. The van der Waals surface area contributed by atoms with Crippen LogP contribution in [0.25, 0.3) is 0 Å². The lowest BCUT2D eigenvalue weighted by Crippen LogP contribution is -2.19. The highest BCUT2D eigenvalue weighted by atomic mass is 16.5. The van der Waals surface area contributed by atoms with Gasteiger partial charge in [-0.3, -0.25) is 0 Å². The Morgan fingerprint density at radius 1 is 1.12 bits per heavy atom. The Morgan fingerprint density at radius 3 is 2.38 bits per heavy atom. The summed E-state index contributed by atoms with van der Waals surface area (Å²) in [5.41, 5.74) is 1.32. The van der Waals surface area contributed by atoms with Crippen LogP contribution in [0.5, 0.6) is 5.75 Å². The van der Waals surface area contributed by atoms with Crippen molar-refractivity contribution in [3.05, 3.63) is 29.8 Å². The van der Waals surface area contributed by atoms with E-state index < -0.39 is 0 Å². The molecule has 1 rings (SSSR count). The van der Waals surface area contributed by atoms with Gasteiger partial charge in [0, 0.05) is 6.04 Å². The molecule has 0 saturated heterocycles. The predicted octanol–water partition coefficient (Wildman–Crippen LogP) is 3.54. The number of ether oxygens (including phenoxy) is 1. The van der Waals surface area contributed by atoms with Gasteiger partial charge < -0.3 is 10.1 Å². The number of nitrogens with one attached hydrogen (secondary N) is 1. The van der Waals surface area contributed by atoms with Crippen LogP contribution in [0.2, 0.25) is 0 Å². The van der Waals surface area contributed by atoms with Gasteiger partial charge in [0.25, 0.3) is 0 Å². The summed E-state index contributed by atoms with van der Waals surface area (Å²) in [5.74, 6) is 0.966. The third-order valence-electron chi connectivity index (χ3n) is 2.55. The number of hydrogen-bond donors (Lipinski definition) is 1. The predicted molar refractivity (Wildman–Crippen MR) is 68.9 cm³/mol. The summed E-state index contributed by atoms with van der Waals surface area (Å²) >= 11 is 0. The first-order valence-electron chi connectivity index (χ1n) is 6.24. The van der Waals surface area contributed by atoms with Crippen LogP contribution in [0.4, 0.5) is 0 Å². The Hall–Kier alpha value is -1.02. The second-order valence-corrected chi connectivity index (χ2v) is 4.09. The second-order valence-electron chi connectivity index (χ2n) is 4.09. The van der Waals surface area contributed by atoms with E-state index in [1.54, 1.807) is 0 Å². The molecule has 0 spiro atoms. The summed E-state index contributed by atoms with van der Waals surface area (Å²) in [4.78, 5) is 0. The largest absolute Gasteiger partial charge is 0.494 e. The van der Waals surface area contributed by atoms with Crippen LogP contribution < -0.4 is 10.1 Å². The van der Waals surface area contributed by atoms with Crippen LogP contribution in [-0.2, 0) is 0 Å². The highest BCUT2D eigenvalue weighted by Gasteiger charge is 2.03. The fraction of sp³-hybridized carbons (Fsp3) is 0.571. The maximum absolute atomic E-state index is 5.55. The van der Waals surface area contributed by atoms with E-state index in [0.717, 1.165) is 25.3 Å². The topological polar surface area (TPSA) is 21.3 Å². The molecule has 0 radical (unpaired) electrons. The lowest BCUT2D eigenvalue weighted by Gasteiger charge is -2.14. The molecule has 1 N–H and O–H groups in total. The van der Waals surface area contributed by atoms with Crippen molar-refractivity contribution in [2.75, 3.05) is 13.2 Å². The van der Waals surface area contributed by atoms with E-state index in [1.165, 1.54) is 12.0 Å². The van der Waals surface area contributed by atoms with Gasteiger partial charge in [-0.25, -0.2) is 0 Å². The fourth-order valence-electron chi connectivity index (χ4n) is 1.55. The highest BCUT2D eigenvalue weighted by Crippen LogP contribution is 2.17. The van der Waals surface area contributed by atoms with E-state index in [0.29, 0.717) is 6.04 Å². The summed E-state index contributed by atoms with van der Waals surface area (Å²) in [6.45, 7) is 8.35. The normalized spacial score (nSPS) is 12.4. The van der Waals surface area contributed by atoms with E-state index in [-0.39, 0.29) is 0 Å². The molecule has 0 aliphatic carbocycles. The molecule has 1 aromatic rings. The molecule has 0 aromatic heterocycles. The van der Waals surface area contributed by atoms with Gasteiger partial charge in [0.1, 0.15) is 5.75 Å². The molecule has 1 unspecified atom stereocenters. The second kappa shape index (κ2) is 7.29. The first kappa shape index (κ1) is 13.0. The lowest BCUT2D eigenvalue weighted by atomic mass is 10.1. The van der Waals surface area contributed by atoms with Gasteiger partial charge in [0.15, 0.2) is 0 Å². The molecular formula is C14H23NO. The first-order chi connectivity index (χ1) is 7.77. The zero-order chi connectivity index (χ0) is 11.8. The number of rotatable bonds is 7. The Labute approximate surface area is 99.0 Å². The molecule has 0 amide bonds. The van der Waals surface area contributed by atoms with Gasteiger partial charge in [-0.2, -0.15) is 0 Å². The SMILES string of the molecule is CCCNC(C)c1ccc(OCCC)cc1. The minimum atomic E-state index is 0.417. The molecule has 0 heterocycles. The zero-order valence-corrected chi connectivity index (χ0v) is 10.6. The van der Waals surface area contributed by atoms with E-state index in [4.69, 9.17) is 4.74 Å². The van der Waals surface area contributed by atoms with Crippen LogP contribution in [0, 0.1) is 0 Å². The van der Waals surface area contributed by atoms with Gasteiger partial charge in [0.2, 0.25) is 0 Å². The number of hydrogen-bond acceptors (Lipinski definition) is 2. The molecule has 0 saturated carbocycles. The molecule has 90 valence electrons. The van der Waals surface area contributed by atoms with Crippen molar-refractivity contribution in [1.82, 2.24) is 5.32 Å². The molecule has 1 aromatic carbocycles. The molecule has 0 aliphatic heterocycles. The average Bonchev–Trinajstić information content (AvgIpc) is 2.34. The van der Waals surface area contributed by atoms with E-state index in [9.17, 15) is 0 Å². The maximum Gasteiger partial charge on any atom is 0.119 e. The van der Waals surface area contributed by atoms with Gasteiger partial charge >= 0.3 is 0 Å². The van der Waals surface area contributed by atoms with Crippen LogP contribution in [0.3, 0.4) is 0 Å². The van der Waals surface area contributed by atoms with Crippen LogP contribution >= 0.6 is 0 Å². The van der Waals surface area contributed by atoms with Crippen LogP contribution in [0.15, 0.2) is 24.3 Å². The van der Waals surface area contributed by atoms with Crippen molar-refractivity contribution in [2.24, 2.45) is 0 Å². The monoisotopic (exact) mass is 221 g/mol.